The summed E-state index contributed by atoms with van der Waals surface area (Å²) in [5, 5.41) is 11.7. The van der Waals surface area contributed by atoms with Crippen LogP contribution >= 0.6 is 0 Å². The first-order valence-corrected chi connectivity index (χ1v) is 7.09. The van der Waals surface area contributed by atoms with Gasteiger partial charge in [-0.1, -0.05) is 19.0 Å². The summed E-state index contributed by atoms with van der Waals surface area (Å²) in [6, 6.07) is 0. The molecule has 1 unspecified atom stereocenters. The van der Waals surface area contributed by atoms with Crippen LogP contribution in [-0.4, -0.2) is 60.1 Å². The molecule has 1 aliphatic rings. The molecule has 1 fully saturated rings. The van der Waals surface area contributed by atoms with E-state index in [1.165, 1.54) is 38.9 Å². The van der Waals surface area contributed by atoms with Gasteiger partial charge in [0.25, 0.3) is 0 Å². The quantitative estimate of drug-likeness (QED) is 0.296. The number of oxime groups is 1. The second kappa shape index (κ2) is 8.32. The molecule has 1 saturated heterocycles. The smallest absolute Gasteiger partial charge is 0.143 e. The van der Waals surface area contributed by atoms with E-state index in [1.54, 1.807) is 0 Å². The largest absolute Gasteiger partial charge is 0.409 e. The van der Waals surface area contributed by atoms with Gasteiger partial charge in [-0.2, -0.15) is 0 Å². The fourth-order valence-corrected chi connectivity index (χ4v) is 2.48. The molecular weight excluding hydrogens is 228 g/mol. The molecular formula is C13H28N4O. The van der Waals surface area contributed by atoms with E-state index in [4.69, 9.17) is 10.9 Å². The van der Waals surface area contributed by atoms with Crippen LogP contribution in [0.3, 0.4) is 0 Å². The second-order valence-electron chi connectivity index (χ2n) is 5.22. The third-order valence-corrected chi connectivity index (χ3v) is 3.75. The Balaban J connectivity index is 2.20. The second-order valence-corrected chi connectivity index (χ2v) is 5.22. The Hall–Kier alpha value is -0.810. The Morgan fingerprint density at radius 3 is 2.67 bits per heavy atom. The van der Waals surface area contributed by atoms with Crippen LogP contribution in [0.5, 0.6) is 0 Å². The van der Waals surface area contributed by atoms with E-state index in [0.717, 1.165) is 19.6 Å². The topological polar surface area (TPSA) is 65.1 Å². The molecule has 1 atom stereocenters. The van der Waals surface area contributed by atoms with Gasteiger partial charge in [0, 0.05) is 12.5 Å². The summed E-state index contributed by atoms with van der Waals surface area (Å²) < 4.78 is 0. The normalized spacial score (nSPS) is 19.6. The molecule has 0 aromatic rings. The molecule has 0 aliphatic carbocycles. The van der Waals surface area contributed by atoms with Crippen molar-refractivity contribution in [3.8, 4) is 0 Å². The molecule has 18 heavy (non-hydrogen) atoms. The lowest BCUT2D eigenvalue weighted by molar-refractivity contribution is 0.240. The van der Waals surface area contributed by atoms with Crippen molar-refractivity contribution < 1.29 is 5.21 Å². The van der Waals surface area contributed by atoms with Crippen molar-refractivity contribution in [2.75, 3.05) is 39.3 Å². The van der Waals surface area contributed by atoms with E-state index in [9.17, 15) is 0 Å². The molecule has 0 aromatic heterocycles. The predicted molar refractivity (Wildman–Crippen MR) is 75.0 cm³/mol. The van der Waals surface area contributed by atoms with Crippen molar-refractivity contribution >= 4 is 5.84 Å². The number of rotatable bonds is 8. The highest BCUT2D eigenvalue weighted by atomic mass is 16.4. The first kappa shape index (κ1) is 15.2. The number of hydrogen-bond donors (Lipinski definition) is 2. The van der Waals surface area contributed by atoms with Crippen LogP contribution < -0.4 is 5.73 Å². The number of nitrogens with two attached hydrogens (primary N) is 1. The molecule has 5 heteroatoms. The van der Waals surface area contributed by atoms with Crippen LogP contribution in [0, 0.1) is 5.92 Å². The van der Waals surface area contributed by atoms with Crippen LogP contribution in [-0.2, 0) is 0 Å². The first-order valence-electron chi connectivity index (χ1n) is 7.09. The molecule has 0 bridgehead atoms. The van der Waals surface area contributed by atoms with Crippen LogP contribution in [0.4, 0.5) is 0 Å². The van der Waals surface area contributed by atoms with Gasteiger partial charge >= 0.3 is 0 Å². The van der Waals surface area contributed by atoms with E-state index in [2.05, 4.69) is 21.9 Å². The lowest BCUT2D eigenvalue weighted by atomic mass is 10.1. The van der Waals surface area contributed by atoms with Crippen LogP contribution in [0.2, 0.25) is 0 Å². The summed E-state index contributed by atoms with van der Waals surface area (Å²) in [5.41, 5.74) is 5.61. The molecule has 1 aliphatic heterocycles. The fraction of sp³-hybridized carbons (Fsp3) is 0.923. The fourth-order valence-electron chi connectivity index (χ4n) is 2.48. The Bertz CT molecular complexity index is 251. The van der Waals surface area contributed by atoms with Crippen LogP contribution in [0.25, 0.3) is 0 Å². The number of nitrogens with zero attached hydrogens (tertiary/aromatic N) is 3. The van der Waals surface area contributed by atoms with Crippen LogP contribution in [0.1, 0.15) is 33.1 Å². The van der Waals surface area contributed by atoms with Gasteiger partial charge in [-0.25, -0.2) is 0 Å². The monoisotopic (exact) mass is 256 g/mol. The van der Waals surface area contributed by atoms with E-state index in [-0.39, 0.29) is 5.92 Å². The first-order chi connectivity index (χ1) is 8.67. The third-order valence-electron chi connectivity index (χ3n) is 3.75. The van der Waals surface area contributed by atoms with Gasteiger partial charge in [0.2, 0.25) is 0 Å². The van der Waals surface area contributed by atoms with E-state index in [0.29, 0.717) is 5.84 Å². The van der Waals surface area contributed by atoms with Gasteiger partial charge < -0.3 is 20.7 Å². The minimum atomic E-state index is 0.113. The van der Waals surface area contributed by atoms with E-state index >= 15 is 0 Å². The Labute approximate surface area is 111 Å². The van der Waals surface area contributed by atoms with Crippen molar-refractivity contribution in [2.45, 2.75) is 33.1 Å². The maximum absolute atomic E-state index is 8.65. The summed E-state index contributed by atoms with van der Waals surface area (Å²) in [5.74, 6) is 0.440. The summed E-state index contributed by atoms with van der Waals surface area (Å²) in [4.78, 5) is 4.92. The Kier molecular flexibility index (Phi) is 7.05. The maximum atomic E-state index is 8.65. The van der Waals surface area contributed by atoms with Crippen molar-refractivity contribution in [2.24, 2.45) is 16.8 Å². The molecule has 106 valence electrons. The lowest BCUT2D eigenvalue weighted by Crippen LogP contribution is -2.36. The van der Waals surface area contributed by atoms with Crippen molar-refractivity contribution in [3.63, 3.8) is 0 Å². The van der Waals surface area contributed by atoms with Crippen molar-refractivity contribution in [1.82, 2.24) is 9.80 Å². The van der Waals surface area contributed by atoms with Crippen molar-refractivity contribution in [1.29, 1.82) is 0 Å². The number of amidine groups is 1. The van der Waals surface area contributed by atoms with Gasteiger partial charge in [-0.05, 0) is 52.0 Å². The van der Waals surface area contributed by atoms with Gasteiger partial charge in [0.15, 0.2) is 0 Å². The SMILES string of the molecule is CCN(CCCN1CCCC1)CC(C)C(N)=NO. The lowest BCUT2D eigenvalue weighted by Gasteiger charge is -2.24. The summed E-state index contributed by atoms with van der Waals surface area (Å²) in [7, 11) is 0. The summed E-state index contributed by atoms with van der Waals surface area (Å²) >= 11 is 0. The molecule has 3 N–H and O–H groups in total. The highest BCUT2D eigenvalue weighted by Gasteiger charge is 2.14. The number of hydrogen-bond acceptors (Lipinski definition) is 4. The third kappa shape index (κ3) is 5.23. The van der Waals surface area contributed by atoms with E-state index < -0.39 is 0 Å². The minimum absolute atomic E-state index is 0.113. The predicted octanol–water partition coefficient (Wildman–Crippen LogP) is 1.18. The molecule has 5 nitrogen and oxygen atoms in total. The van der Waals surface area contributed by atoms with Gasteiger partial charge in [0.05, 0.1) is 0 Å². The Morgan fingerprint density at radius 1 is 1.44 bits per heavy atom. The van der Waals surface area contributed by atoms with Gasteiger partial charge in [-0.3, -0.25) is 0 Å². The number of likely N-dealkylation sites (tertiary alicyclic amines) is 1. The summed E-state index contributed by atoms with van der Waals surface area (Å²) in [6.45, 7) is 10.9. The van der Waals surface area contributed by atoms with E-state index in [1.807, 2.05) is 6.92 Å². The molecule has 0 aromatic carbocycles. The Morgan fingerprint density at radius 2 is 2.11 bits per heavy atom. The molecule has 1 rings (SSSR count). The molecule has 1 heterocycles. The highest BCUT2D eigenvalue weighted by molar-refractivity contribution is 5.82. The average Bonchev–Trinajstić information content (AvgIpc) is 2.89. The zero-order valence-electron chi connectivity index (χ0n) is 11.8. The zero-order valence-corrected chi connectivity index (χ0v) is 11.8. The maximum Gasteiger partial charge on any atom is 0.143 e. The zero-order chi connectivity index (χ0) is 13.4. The average molecular weight is 256 g/mol. The van der Waals surface area contributed by atoms with Gasteiger partial charge in [0.1, 0.15) is 5.84 Å². The molecule has 0 radical (unpaired) electrons. The molecule has 0 spiro atoms. The molecule has 0 saturated carbocycles. The minimum Gasteiger partial charge on any atom is -0.409 e. The summed E-state index contributed by atoms with van der Waals surface area (Å²) in [6.07, 6.45) is 3.92. The molecule has 0 amide bonds. The van der Waals surface area contributed by atoms with Crippen molar-refractivity contribution in [3.05, 3.63) is 0 Å². The standard InChI is InChI=1S/C13H28N4O/c1-3-16(11-12(2)13(14)15-18)9-6-10-17-7-4-5-8-17/h12,18H,3-11H2,1-2H3,(H2,14,15). The van der Waals surface area contributed by atoms with Crippen LogP contribution in [0.15, 0.2) is 5.16 Å². The highest BCUT2D eigenvalue weighted by Crippen LogP contribution is 2.08. The van der Waals surface area contributed by atoms with Gasteiger partial charge in [-0.15, -0.1) is 0 Å².